The van der Waals surface area contributed by atoms with Crippen molar-refractivity contribution in [2.24, 2.45) is 0 Å². The Bertz CT molecular complexity index is 1240. The van der Waals surface area contributed by atoms with E-state index < -0.39 is 0 Å². The van der Waals surface area contributed by atoms with Crippen molar-refractivity contribution in [1.29, 1.82) is 0 Å². The van der Waals surface area contributed by atoms with Crippen molar-refractivity contribution in [2.45, 2.75) is 19.5 Å². The van der Waals surface area contributed by atoms with Crippen molar-refractivity contribution in [3.8, 4) is 0 Å². The SMILES string of the molecule is O=c1c2ccccc2n(Cc2cccc(Cl)c2)c(=O)n1CCc1ccccc1. The molecule has 3 aromatic carbocycles. The number of fused-ring (bicyclic) bond motifs is 1. The Kier molecular flexibility index (Phi) is 5.13. The molecule has 4 aromatic rings. The van der Waals surface area contributed by atoms with Gasteiger partial charge in [-0.05, 0) is 41.8 Å². The van der Waals surface area contributed by atoms with Crippen molar-refractivity contribution >= 4 is 22.5 Å². The van der Waals surface area contributed by atoms with Gasteiger partial charge >= 0.3 is 5.69 Å². The first-order valence-electron chi connectivity index (χ1n) is 9.14. The minimum atomic E-state index is -0.306. The summed E-state index contributed by atoms with van der Waals surface area (Å²) in [6.45, 7) is 0.688. The zero-order chi connectivity index (χ0) is 19.5. The van der Waals surface area contributed by atoms with Crippen LogP contribution in [0.4, 0.5) is 0 Å². The van der Waals surface area contributed by atoms with Crippen LogP contribution >= 0.6 is 11.6 Å². The number of benzene rings is 3. The Labute approximate surface area is 167 Å². The van der Waals surface area contributed by atoms with Crippen molar-refractivity contribution in [3.05, 3.63) is 116 Å². The molecule has 0 radical (unpaired) electrons. The summed E-state index contributed by atoms with van der Waals surface area (Å²) in [4.78, 5) is 26.2. The van der Waals surface area contributed by atoms with E-state index in [0.29, 0.717) is 35.4 Å². The Morgan fingerprint density at radius 3 is 2.25 bits per heavy atom. The number of halogens is 1. The summed E-state index contributed by atoms with van der Waals surface area (Å²) in [6, 6.07) is 24.5. The molecule has 0 saturated carbocycles. The second-order valence-corrected chi connectivity index (χ2v) is 7.14. The van der Waals surface area contributed by atoms with Gasteiger partial charge in [0.25, 0.3) is 5.56 Å². The third-order valence-electron chi connectivity index (χ3n) is 4.83. The highest BCUT2D eigenvalue weighted by molar-refractivity contribution is 6.30. The first-order valence-corrected chi connectivity index (χ1v) is 9.52. The predicted octanol–water partition coefficient (Wildman–Crippen LogP) is 4.11. The fourth-order valence-electron chi connectivity index (χ4n) is 3.42. The van der Waals surface area contributed by atoms with Gasteiger partial charge in [-0.1, -0.05) is 66.2 Å². The minimum absolute atomic E-state index is 0.251. The molecular formula is C23H19ClN2O2. The van der Waals surface area contributed by atoms with Crippen LogP contribution in [0.1, 0.15) is 11.1 Å². The van der Waals surface area contributed by atoms with Crippen LogP contribution in [-0.4, -0.2) is 9.13 Å². The molecule has 5 heteroatoms. The molecule has 0 fully saturated rings. The van der Waals surface area contributed by atoms with Gasteiger partial charge in [0, 0.05) is 11.6 Å². The Hall–Kier alpha value is -3.11. The van der Waals surface area contributed by atoms with E-state index in [0.717, 1.165) is 11.1 Å². The minimum Gasteiger partial charge on any atom is -0.289 e. The van der Waals surface area contributed by atoms with Crippen molar-refractivity contribution in [1.82, 2.24) is 9.13 Å². The zero-order valence-corrected chi connectivity index (χ0v) is 16.0. The fraction of sp³-hybridized carbons (Fsp3) is 0.130. The Morgan fingerprint density at radius 2 is 1.46 bits per heavy atom. The summed E-state index contributed by atoms with van der Waals surface area (Å²) in [7, 11) is 0. The molecule has 4 nitrogen and oxygen atoms in total. The maximum Gasteiger partial charge on any atom is 0.331 e. The summed E-state index contributed by atoms with van der Waals surface area (Å²) in [5.74, 6) is 0. The van der Waals surface area contributed by atoms with E-state index in [2.05, 4.69) is 0 Å². The molecule has 0 aliphatic heterocycles. The Balaban J connectivity index is 1.81. The van der Waals surface area contributed by atoms with Gasteiger partial charge in [-0.25, -0.2) is 4.79 Å². The highest BCUT2D eigenvalue weighted by atomic mass is 35.5. The zero-order valence-electron chi connectivity index (χ0n) is 15.2. The lowest BCUT2D eigenvalue weighted by molar-refractivity contribution is 0.590. The average Bonchev–Trinajstić information content (AvgIpc) is 2.72. The first kappa shape index (κ1) is 18.3. The molecule has 0 spiro atoms. The lowest BCUT2D eigenvalue weighted by Gasteiger charge is -2.14. The Morgan fingerprint density at radius 1 is 0.750 bits per heavy atom. The van der Waals surface area contributed by atoms with E-state index in [1.165, 1.54) is 4.57 Å². The van der Waals surface area contributed by atoms with Crippen LogP contribution in [0, 0.1) is 0 Å². The van der Waals surface area contributed by atoms with Crippen LogP contribution in [0.5, 0.6) is 0 Å². The van der Waals surface area contributed by atoms with E-state index in [1.807, 2.05) is 66.7 Å². The summed E-state index contributed by atoms with van der Waals surface area (Å²) in [5.41, 5.74) is 2.07. The van der Waals surface area contributed by atoms with Gasteiger partial charge < -0.3 is 0 Å². The van der Waals surface area contributed by atoms with E-state index in [9.17, 15) is 9.59 Å². The molecule has 0 amide bonds. The third kappa shape index (κ3) is 3.64. The third-order valence-corrected chi connectivity index (χ3v) is 5.06. The topological polar surface area (TPSA) is 44.0 Å². The van der Waals surface area contributed by atoms with Gasteiger partial charge in [-0.15, -0.1) is 0 Å². The number of para-hydroxylation sites is 1. The molecule has 140 valence electrons. The van der Waals surface area contributed by atoms with Crippen LogP contribution in [-0.2, 0) is 19.5 Å². The smallest absolute Gasteiger partial charge is 0.289 e. The highest BCUT2D eigenvalue weighted by Crippen LogP contribution is 2.14. The van der Waals surface area contributed by atoms with Crippen LogP contribution in [0.3, 0.4) is 0 Å². The normalized spacial score (nSPS) is 11.0. The van der Waals surface area contributed by atoms with Gasteiger partial charge in [-0.2, -0.15) is 0 Å². The average molecular weight is 391 g/mol. The number of hydrogen-bond donors (Lipinski definition) is 0. The van der Waals surface area contributed by atoms with Gasteiger partial charge in [0.15, 0.2) is 0 Å². The monoisotopic (exact) mass is 390 g/mol. The maximum absolute atomic E-state index is 13.2. The second-order valence-electron chi connectivity index (χ2n) is 6.71. The van der Waals surface area contributed by atoms with Crippen LogP contribution < -0.4 is 11.2 Å². The standard InChI is InChI=1S/C23H19ClN2O2/c24-19-10-6-9-18(15-19)16-26-21-12-5-4-11-20(21)22(27)25(23(26)28)14-13-17-7-2-1-3-8-17/h1-12,15H,13-14,16H2. The molecule has 0 aliphatic rings. The van der Waals surface area contributed by atoms with Crippen LogP contribution in [0.15, 0.2) is 88.5 Å². The van der Waals surface area contributed by atoms with E-state index in [1.54, 1.807) is 16.7 Å². The second kappa shape index (κ2) is 7.87. The number of hydrogen-bond acceptors (Lipinski definition) is 2. The van der Waals surface area contributed by atoms with Gasteiger partial charge in [0.05, 0.1) is 17.4 Å². The molecule has 0 N–H and O–H groups in total. The summed E-state index contributed by atoms with van der Waals surface area (Å²) in [6.07, 6.45) is 0.617. The van der Waals surface area contributed by atoms with E-state index in [-0.39, 0.29) is 11.2 Å². The van der Waals surface area contributed by atoms with Gasteiger partial charge in [-0.3, -0.25) is 13.9 Å². The van der Waals surface area contributed by atoms with Crippen LogP contribution in [0.2, 0.25) is 5.02 Å². The van der Waals surface area contributed by atoms with Gasteiger partial charge in [0.1, 0.15) is 0 Å². The summed E-state index contributed by atoms with van der Waals surface area (Å²) >= 11 is 6.10. The van der Waals surface area contributed by atoms with Crippen LogP contribution in [0.25, 0.3) is 10.9 Å². The van der Waals surface area contributed by atoms with Crippen molar-refractivity contribution in [2.75, 3.05) is 0 Å². The number of rotatable bonds is 5. The van der Waals surface area contributed by atoms with E-state index >= 15 is 0 Å². The molecule has 1 aromatic heterocycles. The lowest BCUT2D eigenvalue weighted by Crippen LogP contribution is -2.40. The molecule has 28 heavy (non-hydrogen) atoms. The number of aromatic nitrogens is 2. The molecule has 4 rings (SSSR count). The molecule has 0 aliphatic carbocycles. The van der Waals surface area contributed by atoms with Gasteiger partial charge in [0.2, 0.25) is 0 Å². The van der Waals surface area contributed by atoms with Crippen molar-refractivity contribution < 1.29 is 0 Å². The molecule has 0 saturated heterocycles. The quantitative estimate of drug-likeness (QED) is 0.514. The lowest BCUT2D eigenvalue weighted by atomic mass is 10.1. The molecule has 1 heterocycles. The van der Waals surface area contributed by atoms with E-state index in [4.69, 9.17) is 11.6 Å². The molecule has 0 bridgehead atoms. The summed E-state index contributed by atoms with van der Waals surface area (Å²) in [5, 5.41) is 1.16. The fourth-order valence-corrected chi connectivity index (χ4v) is 3.64. The highest BCUT2D eigenvalue weighted by Gasteiger charge is 2.13. The number of aryl methyl sites for hydroxylation is 1. The summed E-state index contributed by atoms with van der Waals surface area (Å²) < 4.78 is 2.98. The number of nitrogens with zero attached hydrogens (tertiary/aromatic N) is 2. The molecular weight excluding hydrogens is 372 g/mol. The molecule has 0 atom stereocenters. The van der Waals surface area contributed by atoms with Crippen molar-refractivity contribution in [3.63, 3.8) is 0 Å². The predicted molar refractivity (Wildman–Crippen MR) is 113 cm³/mol. The maximum atomic E-state index is 13.2. The molecule has 0 unspecified atom stereocenters. The largest absolute Gasteiger partial charge is 0.331 e. The first-order chi connectivity index (χ1) is 13.6.